The maximum Gasteiger partial charge on any atom is 0.265 e. The number of nitrogens with one attached hydrogen (secondary N) is 12. The van der Waals surface area contributed by atoms with Gasteiger partial charge in [0.25, 0.3) is 23.6 Å². The fraction of sp³-hybridized carbons (Fsp3) is 0.140. The van der Waals surface area contributed by atoms with Crippen molar-refractivity contribution < 1.29 is 38.4 Å². The Balaban J connectivity index is 0.000000467. The number of benzene rings is 4. The Kier molecular flexibility index (Phi) is 27.8. The van der Waals surface area contributed by atoms with Crippen molar-refractivity contribution in [3.8, 4) is 0 Å². The van der Waals surface area contributed by atoms with Gasteiger partial charge < -0.3 is 61.5 Å². The summed E-state index contributed by atoms with van der Waals surface area (Å²) in [6, 6.07) is 24.9. The molecule has 0 saturated heterocycles. The number of nitrogens with zero attached hydrogens (tertiary/aromatic N) is 5. The fourth-order valence-corrected chi connectivity index (χ4v) is 8.81. The van der Waals surface area contributed by atoms with E-state index in [0.29, 0.717) is 56.5 Å². The summed E-state index contributed by atoms with van der Waals surface area (Å²) in [5.74, 6) is -0.0158. The Labute approximate surface area is 539 Å². The zero-order valence-electron chi connectivity index (χ0n) is 50.5. The van der Waals surface area contributed by atoms with Crippen molar-refractivity contribution >= 4 is 157 Å². The molecule has 26 N–H and O–H groups in total. The Bertz CT molecular complexity index is 3660. The van der Waals surface area contributed by atoms with E-state index in [9.17, 15) is 38.4 Å². The van der Waals surface area contributed by atoms with E-state index in [0.717, 1.165) is 22.7 Å². The summed E-state index contributed by atoms with van der Waals surface area (Å²) in [7, 11) is 0. The minimum absolute atomic E-state index is 0. The van der Waals surface area contributed by atoms with Crippen molar-refractivity contribution in [2.24, 2.45) is 65.8 Å². The van der Waals surface area contributed by atoms with E-state index in [2.05, 4.69) is 74.3 Å². The number of hydrogen-bond donors (Lipinski definition) is 19. The molecule has 0 atom stereocenters. The first-order valence-corrected chi connectivity index (χ1v) is 27.8. The second-order valence-corrected chi connectivity index (χ2v) is 21.2. The lowest BCUT2D eigenvalue weighted by molar-refractivity contribution is 0.0997. The van der Waals surface area contributed by atoms with E-state index in [1.807, 2.05) is 0 Å². The number of thiophene rings is 2. The first-order valence-electron chi connectivity index (χ1n) is 26.2. The second-order valence-electron chi connectivity index (χ2n) is 19.0. The smallest absolute Gasteiger partial charge is 0.265 e. The van der Waals surface area contributed by atoms with Crippen LogP contribution in [0, 0.1) is 21.6 Å². The average molecular weight is 1320 g/mol. The Hall–Kier alpha value is -12.0. The Morgan fingerprint density at radius 2 is 0.511 bits per heavy atom. The third kappa shape index (κ3) is 23.6. The molecule has 4 amide bonds. The minimum Gasteiger partial charge on any atom is -0.369 e. The van der Waals surface area contributed by atoms with Crippen LogP contribution >= 0.6 is 35.1 Å². The van der Waals surface area contributed by atoms with Crippen LogP contribution in [0.2, 0.25) is 0 Å². The third-order valence-electron chi connectivity index (χ3n) is 11.7. The number of Topliss-reactive ketones (excluding diaryl/α,β-unsaturated/α-hetero) is 4. The first kappa shape index (κ1) is 74.2. The molecule has 4 aromatic carbocycles. The summed E-state index contributed by atoms with van der Waals surface area (Å²) in [6.45, 7) is 12.2. The number of rotatable bonds is 20. The summed E-state index contributed by atoms with van der Waals surface area (Å²) < 4.78 is 0. The Morgan fingerprint density at radius 1 is 0.337 bits per heavy atom. The molecule has 0 aliphatic heterocycles. The topological polar surface area (TPSA) is 572 Å². The van der Waals surface area contributed by atoms with Crippen LogP contribution in [-0.2, 0) is 0 Å². The summed E-state index contributed by atoms with van der Waals surface area (Å²) in [6.07, 6.45) is 0. The standard InChI is InChI=1S/C30H38N18O2S.C26H22N2O6S.CH6N4.ClH/c1-13(41-45-27(31)32)17-7-18(14(2)42-46-28(33)34)10-21(9-17)39-25(49)23-5-6-24(51-23)26(50)40-22-11-19(15(3)43-47-29(35)36)8-20(12-22)16(4)44-48-30(37)38;1-13(29)17-7-18(14(2)30)10-21(9-17)27-25(33)23-5-6-24(35-23)26(34)28-22-11-19(15(3)31)8-20(12-22)16(4)32;2-1(3)5-4;/h5-12H,1-4H3,(H,39,49)(H,40,50)(H4,31,32,45)(H4,33,34,46)(H4,35,36,47)(H4,37,38,48);5-12H,1-4H3,(H,27,33)(H,28,34);4H2,(H4,2,3,5);1H/b41-13+,42-14+,43-15+,44-16+;;;. The SMILES string of the molecule is C/C(=N\NC(=N)N)c1cc(NC(=O)c2ccc(C(=O)Nc3cc(/C(C)=N/NC(=N)N)cc(/C(C)=N/NC(=N)N)c3)s2)cc(/C(C)=N/NC(=N)N)c1.CC(=O)c1cc(NC(=O)c2ccc(C(=O)Nc3cc(C(C)=O)cc(C(C)=O)c3)s2)cc(C(C)=O)c1.Cl.NN=C(N)N. The number of anilines is 4. The molecule has 92 heavy (non-hydrogen) atoms. The van der Waals surface area contributed by atoms with Crippen LogP contribution in [0.15, 0.2) is 123 Å². The molecular formula is C57H67ClN24O8S2. The highest BCUT2D eigenvalue weighted by molar-refractivity contribution is 7.16. The van der Waals surface area contributed by atoms with Crippen LogP contribution < -0.4 is 83.2 Å². The molecule has 0 saturated carbocycles. The second kappa shape index (κ2) is 34.5. The van der Waals surface area contributed by atoms with E-state index in [-0.39, 0.29) is 118 Å². The highest BCUT2D eigenvalue weighted by Gasteiger charge is 2.20. The lowest BCUT2D eigenvalue weighted by Crippen LogP contribution is -2.27. The van der Waals surface area contributed by atoms with Crippen molar-refractivity contribution in [3.05, 3.63) is 161 Å². The third-order valence-corrected chi connectivity index (χ3v) is 13.9. The van der Waals surface area contributed by atoms with Crippen LogP contribution in [0.4, 0.5) is 22.7 Å². The van der Waals surface area contributed by atoms with Crippen molar-refractivity contribution in [2.45, 2.75) is 55.4 Å². The van der Waals surface area contributed by atoms with Gasteiger partial charge in [0.15, 0.2) is 23.1 Å². The maximum atomic E-state index is 13.4. The quantitative estimate of drug-likeness (QED) is 0.0162. The van der Waals surface area contributed by atoms with Crippen molar-refractivity contribution in [2.75, 3.05) is 21.3 Å². The van der Waals surface area contributed by atoms with Crippen molar-refractivity contribution in [3.63, 3.8) is 0 Å². The van der Waals surface area contributed by atoms with Crippen LogP contribution in [0.5, 0.6) is 0 Å². The van der Waals surface area contributed by atoms with Crippen molar-refractivity contribution in [1.82, 2.24) is 21.7 Å². The van der Waals surface area contributed by atoms with Crippen LogP contribution in [0.3, 0.4) is 0 Å². The van der Waals surface area contributed by atoms with Gasteiger partial charge in [0.2, 0.25) is 29.8 Å². The number of hydrogen-bond acceptors (Lipinski definition) is 20. The van der Waals surface area contributed by atoms with Gasteiger partial charge in [0, 0.05) is 67.3 Å². The fourth-order valence-electron chi connectivity index (χ4n) is 7.22. The molecule has 32 nitrogen and oxygen atoms in total. The first-order chi connectivity index (χ1) is 42.7. The van der Waals surface area contributed by atoms with E-state index < -0.39 is 23.6 Å². The zero-order valence-corrected chi connectivity index (χ0v) is 53.0. The molecule has 0 radical (unpaired) electrons. The maximum absolute atomic E-state index is 13.4. The van der Waals surface area contributed by atoms with Crippen molar-refractivity contribution in [1.29, 1.82) is 21.6 Å². The lowest BCUT2D eigenvalue weighted by atomic mass is 10.0. The number of halogens is 1. The molecule has 6 rings (SSSR count). The summed E-state index contributed by atoms with van der Waals surface area (Å²) >= 11 is 1.90. The number of ketones is 4. The van der Waals surface area contributed by atoms with Gasteiger partial charge in [0.05, 0.1) is 42.4 Å². The molecule has 35 heteroatoms. The normalized spacial score (nSPS) is 11.0. The molecule has 0 spiro atoms. The van der Waals surface area contributed by atoms with Crippen LogP contribution in [0.1, 0.15) is 158 Å². The summed E-state index contributed by atoms with van der Waals surface area (Å²) in [4.78, 5) is 100. The van der Waals surface area contributed by atoms with Gasteiger partial charge in [-0.1, -0.05) is 0 Å². The monoisotopic (exact) mass is 1310 g/mol. The zero-order chi connectivity index (χ0) is 68.0. The minimum atomic E-state index is -0.512. The van der Waals surface area contributed by atoms with E-state index in [4.69, 9.17) is 56.0 Å². The highest BCUT2D eigenvalue weighted by Crippen LogP contribution is 2.26. The Morgan fingerprint density at radius 3 is 0.674 bits per heavy atom. The number of nitrogens with two attached hydrogens (primary N) is 7. The van der Waals surface area contributed by atoms with Gasteiger partial charge in [-0.15, -0.1) is 40.2 Å². The number of carbonyl (C=O) groups excluding carboxylic acids is 8. The van der Waals surface area contributed by atoms with Gasteiger partial charge in [0.1, 0.15) is 0 Å². The van der Waals surface area contributed by atoms with E-state index >= 15 is 0 Å². The molecule has 6 aromatic rings. The molecular weight excluding hydrogens is 1250 g/mol. The molecule has 0 bridgehead atoms. The molecule has 0 fully saturated rings. The number of hydrazone groups is 5. The van der Waals surface area contributed by atoms with Crippen LogP contribution in [0.25, 0.3) is 0 Å². The lowest BCUT2D eigenvalue weighted by Gasteiger charge is -2.12. The number of amides is 4. The summed E-state index contributed by atoms with van der Waals surface area (Å²) in [5.41, 5.74) is 46.9. The highest BCUT2D eigenvalue weighted by atomic mass is 35.5. The molecule has 2 heterocycles. The summed E-state index contributed by atoms with van der Waals surface area (Å²) in [5, 5.41) is 59.6. The van der Waals surface area contributed by atoms with Gasteiger partial charge in [-0.05, 0) is 152 Å². The van der Waals surface area contributed by atoms with E-state index in [1.54, 1.807) is 64.1 Å². The number of guanidine groups is 5. The molecule has 2 aromatic heterocycles. The predicted octanol–water partition coefficient (Wildman–Crippen LogP) is 4.70. The van der Waals surface area contributed by atoms with Gasteiger partial charge >= 0.3 is 0 Å². The largest absolute Gasteiger partial charge is 0.369 e. The van der Waals surface area contributed by atoms with Crippen LogP contribution in [-0.4, -0.2) is 99.4 Å². The van der Waals surface area contributed by atoms with Gasteiger partial charge in [-0.25, -0.2) is 21.7 Å². The molecule has 0 aliphatic carbocycles. The number of carbonyl (C=O) groups is 8. The molecule has 0 unspecified atom stereocenters. The van der Waals surface area contributed by atoms with Gasteiger partial charge in [-0.3, -0.25) is 60.0 Å². The average Bonchev–Trinajstić information content (AvgIpc) is 1.29. The molecule has 482 valence electrons. The van der Waals surface area contributed by atoms with E-state index in [1.165, 1.54) is 88.4 Å². The molecule has 0 aliphatic rings. The predicted molar refractivity (Wildman–Crippen MR) is 363 cm³/mol. The van der Waals surface area contributed by atoms with Gasteiger partial charge in [-0.2, -0.15) is 20.4 Å².